The molecule has 2 amide bonds. The van der Waals surface area contributed by atoms with E-state index in [9.17, 15) is 14.4 Å². The van der Waals surface area contributed by atoms with E-state index < -0.39 is 5.97 Å². The fraction of sp³-hybridized carbons (Fsp3) is 0.320. The molecule has 34 heavy (non-hydrogen) atoms. The molecular formula is C25H27N3O5S. The van der Waals surface area contributed by atoms with Crippen LogP contribution in [0.25, 0.3) is 11.1 Å². The zero-order valence-corrected chi connectivity index (χ0v) is 20.0. The van der Waals surface area contributed by atoms with Gasteiger partial charge >= 0.3 is 5.97 Å². The van der Waals surface area contributed by atoms with Gasteiger partial charge in [-0.25, -0.2) is 4.79 Å². The summed E-state index contributed by atoms with van der Waals surface area (Å²) in [5.41, 5.74) is 1.99. The first kappa shape index (κ1) is 23.7. The van der Waals surface area contributed by atoms with Gasteiger partial charge in [-0.3, -0.25) is 14.5 Å². The fourth-order valence-corrected chi connectivity index (χ4v) is 4.84. The highest BCUT2D eigenvalue weighted by Crippen LogP contribution is 2.36. The van der Waals surface area contributed by atoms with E-state index >= 15 is 0 Å². The topological polar surface area (TPSA) is 92.1 Å². The molecule has 8 nitrogen and oxygen atoms in total. The summed E-state index contributed by atoms with van der Waals surface area (Å²) in [6.07, 6.45) is 0. The van der Waals surface area contributed by atoms with Crippen molar-refractivity contribution in [1.29, 1.82) is 0 Å². The van der Waals surface area contributed by atoms with Crippen molar-refractivity contribution in [2.45, 2.75) is 13.8 Å². The lowest BCUT2D eigenvalue weighted by Crippen LogP contribution is -2.50. The summed E-state index contributed by atoms with van der Waals surface area (Å²) in [7, 11) is 0. The van der Waals surface area contributed by atoms with E-state index in [1.54, 1.807) is 30.9 Å². The normalized spacial score (nSPS) is 14.1. The second-order valence-electron chi connectivity index (χ2n) is 7.97. The number of aryl methyl sites for hydroxylation is 1. The first-order chi connectivity index (χ1) is 16.5. The number of benzene rings is 1. The number of piperazine rings is 1. The Morgan fingerprint density at radius 1 is 1.06 bits per heavy atom. The Balaban J connectivity index is 1.38. The predicted molar refractivity (Wildman–Crippen MR) is 130 cm³/mol. The molecule has 1 N–H and O–H groups in total. The van der Waals surface area contributed by atoms with Gasteiger partial charge in [0.2, 0.25) is 5.91 Å². The van der Waals surface area contributed by atoms with Gasteiger partial charge in [0.25, 0.3) is 5.91 Å². The average Bonchev–Trinajstić information content (AvgIpc) is 3.46. The third kappa shape index (κ3) is 5.37. The lowest BCUT2D eigenvalue weighted by Gasteiger charge is -2.33. The van der Waals surface area contributed by atoms with Gasteiger partial charge in [-0.1, -0.05) is 30.3 Å². The van der Waals surface area contributed by atoms with Crippen molar-refractivity contribution in [3.8, 4) is 11.1 Å². The Morgan fingerprint density at radius 3 is 2.44 bits per heavy atom. The van der Waals surface area contributed by atoms with Crippen molar-refractivity contribution < 1.29 is 23.5 Å². The maximum atomic E-state index is 12.8. The molecule has 0 aliphatic carbocycles. The van der Waals surface area contributed by atoms with Crippen LogP contribution in [0.3, 0.4) is 0 Å². The SMILES string of the molecule is CCOC(=O)c1c(-c2ccccc2)csc1NC(=O)CN1CCN(C(=O)c2ccc(C)o2)CC1. The first-order valence-electron chi connectivity index (χ1n) is 11.2. The lowest BCUT2D eigenvalue weighted by molar-refractivity contribution is -0.117. The van der Waals surface area contributed by atoms with E-state index in [1.807, 2.05) is 40.6 Å². The van der Waals surface area contributed by atoms with Gasteiger partial charge in [0.15, 0.2) is 5.76 Å². The van der Waals surface area contributed by atoms with Crippen LogP contribution in [0.15, 0.2) is 52.3 Å². The second-order valence-corrected chi connectivity index (χ2v) is 8.85. The number of hydrogen-bond donors (Lipinski definition) is 1. The predicted octanol–water partition coefficient (Wildman–Crippen LogP) is 3.89. The molecule has 9 heteroatoms. The Kier molecular flexibility index (Phi) is 7.44. The molecular weight excluding hydrogens is 454 g/mol. The number of anilines is 1. The third-order valence-corrected chi connectivity index (χ3v) is 6.48. The molecule has 3 heterocycles. The van der Waals surface area contributed by atoms with Crippen molar-refractivity contribution >= 4 is 34.1 Å². The summed E-state index contributed by atoms with van der Waals surface area (Å²) in [5.74, 6) is 0.224. The summed E-state index contributed by atoms with van der Waals surface area (Å²) in [6.45, 7) is 6.14. The van der Waals surface area contributed by atoms with Crippen LogP contribution in [0, 0.1) is 6.92 Å². The van der Waals surface area contributed by atoms with Crippen molar-refractivity contribution in [3.05, 3.63) is 64.9 Å². The maximum Gasteiger partial charge on any atom is 0.341 e. The molecule has 1 aromatic carbocycles. The number of carbonyl (C=O) groups excluding carboxylic acids is 3. The fourth-order valence-electron chi connectivity index (χ4n) is 3.87. The number of hydrogen-bond acceptors (Lipinski definition) is 7. The van der Waals surface area contributed by atoms with Crippen LogP contribution in [-0.2, 0) is 9.53 Å². The molecule has 4 rings (SSSR count). The number of amides is 2. The van der Waals surface area contributed by atoms with E-state index in [4.69, 9.17) is 9.15 Å². The Labute approximate surface area is 202 Å². The molecule has 1 fully saturated rings. The molecule has 1 saturated heterocycles. The number of nitrogens with one attached hydrogen (secondary N) is 1. The molecule has 1 aliphatic rings. The number of ether oxygens (including phenoxy) is 1. The van der Waals surface area contributed by atoms with E-state index in [0.717, 1.165) is 11.1 Å². The minimum atomic E-state index is -0.460. The van der Waals surface area contributed by atoms with Crippen LogP contribution in [-0.4, -0.2) is 66.9 Å². The summed E-state index contributed by atoms with van der Waals surface area (Å²) < 4.78 is 10.7. The summed E-state index contributed by atoms with van der Waals surface area (Å²) in [5, 5.41) is 5.23. The van der Waals surface area contributed by atoms with Gasteiger partial charge in [-0.15, -0.1) is 11.3 Å². The minimum Gasteiger partial charge on any atom is -0.462 e. The zero-order valence-electron chi connectivity index (χ0n) is 19.2. The van der Waals surface area contributed by atoms with Crippen molar-refractivity contribution in [2.75, 3.05) is 44.6 Å². The maximum absolute atomic E-state index is 12.8. The quantitative estimate of drug-likeness (QED) is 0.515. The highest BCUT2D eigenvalue weighted by Gasteiger charge is 2.26. The average molecular weight is 482 g/mol. The molecule has 178 valence electrons. The number of furan rings is 1. The molecule has 0 atom stereocenters. The van der Waals surface area contributed by atoms with Gasteiger partial charge in [0, 0.05) is 37.1 Å². The van der Waals surface area contributed by atoms with Gasteiger partial charge in [-0.2, -0.15) is 0 Å². The van der Waals surface area contributed by atoms with E-state index in [1.165, 1.54) is 11.3 Å². The van der Waals surface area contributed by atoms with Crippen LogP contribution < -0.4 is 5.32 Å². The second kappa shape index (κ2) is 10.7. The van der Waals surface area contributed by atoms with Crippen LogP contribution >= 0.6 is 11.3 Å². The molecule has 0 spiro atoms. The monoisotopic (exact) mass is 481 g/mol. The van der Waals surface area contributed by atoms with Crippen LogP contribution in [0.2, 0.25) is 0 Å². The third-order valence-electron chi connectivity index (χ3n) is 5.59. The molecule has 1 aliphatic heterocycles. The lowest BCUT2D eigenvalue weighted by atomic mass is 10.0. The number of nitrogens with zero attached hydrogens (tertiary/aromatic N) is 2. The number of carbonyl (C=O) groups is 3. The standard InChI is InChI=1S/C25H27N3O5S/c1-3-32-25(31)22-19(18-7-5-4-6-8-18)16-34-23(22)26-21(29)15-27-11-13-28(14-12-27)24(30)20-10-9-17(2)33-20/h4-10,16H,3,11-15H2,1-2H3,(H,26,29). The van der Waals surface area contributed by atoms with Crippen molar-refractivity contribution in [3.63, 3.8) is 0 Å². The van der Waals surface area contributed by atoms with Crippen LogP contribution in [0.1, 0.15) is 33.6 Å². The number of thiophene rings is 1. The summed E-state index contributed by atoms with van der Waals surface area (Å²) >= 11 is 1.30. The van der Waals surface area contributed by atoms with Crippen molar-refractivity contribution in [2.24, 2.45) is 0 Å². The van der Waals surface area contributed by atoms with Gasteiger partial charge in [-0.05, 0) is 31.5 Å². The number of rotatable bonds is 7. The summed E-state index contributed by atoms with van der Waals surface area (Å²) in [6, 6.07) is 13.0. The summed E-state index contributed by atoms with van der Waals surface area (Å²) in [4.78, 5) is 41.8. The van der Waals surface area contributed by atoms with E-state index in [0.29, 0.717) is 48.3 Å². The molecule has 0 bridgehead atoms. The Bertz CT molecular complexity index is 1160. The van der Waals surface area contributed by atoms with Crippen molar-refractivity contribution in [1.82, 2.24) is 9.80 Å². The highest BCUT2D eigenvalue weighted by molar-refractivity contribution is 7.15. The molecule has 0 unspecified atom stereocenters. The smallest absolute Gasteiger partial charge is 0.341 e. The van der Waals surface area contributed by atoms with Gasteiger partial charge in [0.1, 0.15) is 16.3 Å². The number of esters is 1. The van der Waals surface area contributed by atoms with Crippen LogP contribution in [0.5, 0.6) is 0 Å². The molecule has 0 radical (unpaired) electrons. The largest absolute Gasteiger partial charge is 0.462 e. The van der Waals surface area contributed by atoms with E-state index in [-0.39, 0.29) is 25.0 Å². The minimum absolute atomic E-state index is 0.136. The molecule has 0 saturated carbocycles. The van der Waals surface area contributed by atoms with Gasteiger partial charge < -0.3 is 19.4 Å². The van der Waals surface area contributed by atoms with E-state index in [2.05, 4.69) is 5.32 Å². The van der Waals surface area contributed by atoms with Gasteiger partial charge in [0.05, 0.1) is 13.2 Å². The molecule has 3 aromatic rings. The highest BCUT2D eigenvalue weighted by atomic mass is 32.1. The van der Waals surface area contributed by atoms with Crippen LogP contribution in [0.4, 0.5) is 5.00 Å². The first-order valence-corrected chi connectivity index (χ1v) is 12.1. The Morgan fingerprint density at radius 2 is 1.79 bits per heavy atom. The Hall–Kier alpha value is -3.43. The molecule has 2 aromatic heterocycles. The zero-order chi connectivity index (χ0) is 24.1.